The van der Waals surface area contributed by atoms with Crippen LogP contribution in [0.2, 0.25) is 0 Å². The molecule has 142 valence electrons. The van der Waals surface area contributed by atoms with Gasteiger partial charge in [-0.3, -0.25) is 9.59 Å². The van der Waals surface area contributed by atoms with Gasteiger partial charge in [0.2, 0.25) is 0 Å². The third kappa shape index (κ3) is 4.12. The van der Waals surface area contributed by atoms with Crippen molar-refractivity contribution in [3.63, 3.8) is 0 Å². The molecule has 3 rings (SSSR count). The monoisotopic (exact) mass is 372 g/mol. The molecule has 2 amide bonds. The molecule has 0 fully saturated rings. The topological polar surface area (TPSA) is 58.2 Å². The minimum atomic E-state index is -0.237. The summed E-state index contributed by atoms with van der Waals surface area (Å²) in [5.41, 5.74) is 6.48. The van der Waals surface area contributed by atoms with Gasteiger partial charge in [0, 0.05) is 22.5 Å². The number of amides is 2. The van der Waals surface area contributed by atoms with Gasteiger partial charge in [-0.2, -0.15) is 0 Å². The smallest absolute Gasteiger partial charge is 0.255 e. The number of carbonyl (C=O) groups is 2. The summed E-state index contributed by atoms with van der Waals surface area (Å²) in [7, 11) is 0. The molecule has 3 aromatic carbocycles. The standard InChI is InChI=1S/C24H24N2O2/c1-15-8-5-9-16(2)21(15)25-23(27)19-12-7-13-20(14-19)24(28)26-22-17(3)10-6-11-18(22)4/h5-14H,1-4H3,(H,25,27)(H,26,28). The van der Waals surface area contributed by atoms with Crippen molar-refractivity contribution in [1.82, 2.24) is 0 Å². The van der Waals surface area contributed by atoms with Gasteiger partial charge in [0.25, 0.3) is 11.8 Å². The summed E-state index contributed by atoms with van der Waals surface area (Å²) < 4.78 is 0. The predicted molar refractivity (Wildman–Crippen MR) is 114 cm³/mol. The Bertz CT molecular complexity index is 933. The van der Waals surface area contributed by atoms with E-state index >= 15 is 0 Å². The fourth-order valence-corrected chi connectivity index (χ4v) is 3.20. The lowest BCUT2D eigenvalue weighted by atomic mass is 10.1. The lowest BCUT2D eigenvalue weighted by Gasteiger charge is -2.13. The van der Waals surface area contributed by atoms with Crippen LogP contribution in [0, 0.1) is 27.7 Å². The average molecular weight is 372 g/mol. The molecular formula is C24H24N2O2. The highest BCUT2D eigenvalue weighted by atomic mass is 16.2. The molecule has 2 N–H and O–H groups in total. The zero-order valence-corrected chi connectivity index (χ0v) is 16.6. The zero-order valence-electron chi connectivity index (χ0n) is 16.6. The van der Waals surface area contributed by atoms with Crippen molar-refractivity contribution in [2.24, 2.45) is 0 Å². The Hall–Kier alpha value is -3.40. The van der Waals surface area contributed by atoms with Crippen LogP contribution >= 0.6 is 0 Å². The van der Waals surface area contributed by atoms with Crippen LogP contribution < -0.4 is 10.6 Å². The quantitative estimate of drug-likeness (QED) is 0.642. The number of para-hydroxylation sites is 2. The highest BCUT2D eigenvalue weighted by Gasteiger charge is 2.14. The van der Waals surface area contributed by atoms with Gasteiger partial charge in [0.15, 0.2) is 0 Å². The molecule has 4 nitrogen and oxygen atoms in total. The van der Waals surface area contributed by atoms with E-state index in [0.717, 1.165) is 33.6 Å². The second-order valence-electron chi connectivity index (χ2n) is 7.02. The Kier molecular flexibility index (Phi) is 5.59. The third-order valence-corrected chi connectivity index (χ3v) is 4.83. The van der Waals surface area contributed by atoms with Gasteiger partial charge in [-0.25, -0.2) is 0 Å². The maximum absolute atomic E-state index is 12.7. The van der Waals surface area contributed by atoms with E-state index in [1.807, 2.05) is 64.1 Å². The van der Waals surface area contributed by atoms with Crippen LogP contribution in [0.1, 0.15) is 43.0 Å². The highest BCUT2D eigenvalue weighted by Crippen LogP contribution is 2.22. The number of hydrogen-bond donors (Lipinski definition) is 2. The molecule has 0 bridgehead atoms. The fourth-order valence-electron chi connectivity index (χ4n) is 3.20. The van der Waals surface area contributed by atoms with E-state index in [9.17, 15) is 9.59 Å². The molecule has 28 heavy (non-hydrogen) atoms. The minimum Gasteiger partial charge on any atom is -0.322 e. The molecule has 0 aliphatic rings. The van der Waals surface area contributed by atoms with Crippen LogP contribution in [0.3, 0.4) is 0 Å². The van der Waals surface area contributed by atoms with Crippen LogP contribution in [0.4, 0.5) is 11.4 Å². The molecule has 4 heteroatoms. The van der Waals surface area contributed by atoms with Crippen LogP contribution in [0.25, 0.3) is 0 Å². The summed E-state index contributed by atoms with van der Waals surface area (Å²) in [5, 5.41) is 5.92. The molecule has 0 aliphatic heterocycles. The van der Waals surface area contributed by atoms with Gasteiger partial charge in [-0.15, -0.1) is 0 Å². The summed E-state index contributed by atoms with van der Waals surface area (Å²) >= 11 is 0. The van der Waals surface area contributed by atoms with Crippen LogP contribution in [0.5, 0.6) is 0 Å². The van der Waals surface area contributed by atoms with E-state index in [1.165, 1.54) is 0 Å². The third-order valence-electron chi connectivity index (χ3n) is 4.83. The van der Waals surface area contributed by atoms with Crippen molar-refractivity contribution in [3.8, 4) is 0 Å². The first-order valence-electron chi connectivity index (χ1n) is 9.22. The molecule has 0 radical (unpaired) electrons. The number of rotatable bonds is 4. The van der Waals surface area contributed by atoms with E-state index in [1.54, 1.807) is 24.3 Å². The molecule has 0 saturated carbocycles. The molecule has 0 aromatic heterocycles. The lowest BCUT2D eigenvalue weighted by molar-refractivity contribution is 0.102. The molecule has 0 atom stereocenters. The highest BCUT2D eigenvalue weighted by molar-refractivity contribution is 6.09. The van der Waals surface area contributed by atoms with Crippen molar-refractivity contribution < 1.29 is 9.59 Å². The van der Waals surface area contributed by atoms with Crippen molar-refractivity contribution in [2.45, 2.75) is 27.7 Å². The molecule has 0 spiro atoms. The number of hydrogen-bond acceptors (Lipinski definition) is 2. The van der Waals surface area contributed by atoms with E-state index in [2.05, 4.69) is 10.6 Å². The Morgan fingerprint density at radius 1 is 0.571 bits per heavy atom. The van der Waals surface area contributed by atoms with Gasteiger partial charge in [-0.1, -0.05) is 42.5 Å². The number of aryl methyl sites for hydroxylation is 4. The van der Waals surface area contributed by atoms with Crippen molar-refractivity contribution in [2.75, 3.05) is 10.6 Å². The summed E-state index contributed by atoms with van der Waals surface area (Å²) in [4.78, 5) is 25.4. The maximum atomic E-state index is 12.7. The lowest BCUT2D eigenvalue weighted by Crippen LogP contribution is -2.17. The molecule has 3 aromatic rings. The van der Waals surface area contributed by atoms with Crippen LogP contribution in [-0.4, -0.2) is 11.8 Å². The molecule has 0 unspecified atom stereocenters. The van der Waals surface area contributed by atoms with E-state index in [0.29, 0.717) is 11.1 Å². The van der Waals surface area contributed by atoms with Gasteiger partial charge in [-0.05, 0) is 68.1 Å². The number of carbonyl (C=O) groups excluding carboxylic acids is 2. The first-order chi connectivity index (χ1) is 13.4. The van der Waals surface area contributed by atoms with Crippen LogP contribution in [0.15, 0.2) is 60.7 Å². The second kappa shape index (κ2) is 8.09. The summed E-state index contributed by atoms with van der Waals surface area (Å²) in [6.07, 6.45) is 0. The number of nitrogens with one attached hydrogen (secondary N) is 2. The van der Waals surface area contributed by atoms with E-state index < -0.39 is 0 Å². The average Bonchev–Trinajstić information content (AvgIpc) is 2.67. The van der Waals surface area contributed by atoms with Crippen molar-refractivity contribution >= 4 is 23.2 Å². The number of anilines is 2. The zero-order chi connectivity index (χ0) is 20.3. The van der Waals surface area contributed by atoms with Gasteiger partial charge in [0.1, 0.15) is 0 Å². The fraction of sp³-hybridized carbons (Fsp3) is 0.167. The Balaban J connectivity index is 1.82. The van der Waals surface area contributed by atoms with Crippen molar-refractivity contribution in [3.05, 3.63) is 94.0 Å². The SMILES string of the molecule is Cc1cccc(C)c1NC(=O)c1cccc(C(=O)Nc2c(C)cccc2C)c1. The van der Waals surface area contributed by atoms with Gasteiger partial charge in [0.05, 0.1) is 0 Å². The van der Waals surface area contributed by atoms with Crippen LogP contribution in [-0.2, 0) is 0 Å². The Morgan fingerprint density at radius 2 is 0.893 bits per heavy atom. The Labute approximate surface area is 165 Å². The van der Waals surface area contributed by atoms with E-state index in [-0.39, 0.29) is 11.8 Å². The molecule has 0 aliphatic carbocycles. The minimum absolute atomic E-state index is 0.237. The predicted octanol–water partition coefficient (Wildman–Crippen LogP) is 5.42. The summed E-state index contributed by atoms with van der Waals surface area (Å²) in [6, 6.07) is 18.5. The Morgan fingerprint density at radius 3 is 1.25 bits per heavy atom. The van der Waals surface area contributed by atoms with Crippen molar-refractivity contribution in [1.29, 1.82) is 0 Å². The normalized spacial score (nSPS) is 10.4. The first kappa shape index (κ1) is 19.4. The van der Waals surface area contributed by atoms with E-state index in [4.69, 9.17) is 0 Å². The van der Waals surface area contributed by atoms with Gasteiger partial charge < -0.3 is 10.6 Å². The first-order valence-corrected chi connectivity index (χ1v) is 9.22. The summed E-state index contributed by atoms with van der Waals surface area (Å²) in [6.45, 7) is 7.82. The molecule has 0 heterocycles. The maximum Gasteiger partial charge on any atom is 0.255 e. The summed E-state index contributed by atoms with van der Waals surface area (Å²) in [5.74, 6) is -0.474. The second-order valence-corrected chi connectivity index (χ2v) is 7.02. The van der Waals surface area contributed by atoms with Gasteiger partial charge >= 0.3 is 0 Å². The number of benzene rings is 3. The molecule has 0 saturated heterocycles. The largest absolute Gasteiger partial charge is 0.322 e. The molecular weight excluding hydrogens is 348 g/mol.